The Morgan fingerprint density at radius 2 is 1.79 bits per heavy atom. The zero-order valence-electron chi connectivity index (χ0n) is 6.99. The molecule has 14 heavy (non-hydrogen) atoms. The van der Waals surface area contributed by atoms with Crippen molar-refractivity contribution in [3.8, 4) is 0 Å². The number of phosphoric acid groups is 1. The van der Waals surface area contributed by atoms with Crippen LogP contribution in [0.15, 0.2) is 12.2 Å². The molecular weight excluding hydrogens is 213 g/mol. The molecule has 0 aliphatic carbocycles. The standard InChI is InChI=1S/C6H8NO6P/c8-5-1-2-6(9)7(5)3-4-13-14(10,11)12/h1-2H,3-4H2,(H2,10,11,12). The highest BCUT2D eigenvalue weighted by atomic mass is 31.2. The van der Waals surface area contributed by atoms with Gasteiger partial charge in [-0.1, -0.05) is 0 Å². The Balaban J connectivity index is 2.36. The van der Waals surface area contributed by atoms with Gasteiger partial charge in [-0.25, -0.2) is 4.57 Å². The number of hydrogen-bond donors (Lipinski definition) is 2. The highest BCUT2D eigenvalue weighted by Crippen LogP contribution is 2.35. The summed E-state index contributed by atoms with van der Waals surface area (Å²) in [6.45, 7) is -0.556. The van der Waals surface area contributed by atoms with E-state index in [0.717, 1.165) is 17.1 Å². The van der Waals surface area contributed by atoms with Gasteiger partial charge in [-0.05, 0) is 0 Å². The molecular formula is C6H8NO6P. The van der Waals surface area contributed by atoms with Crippen LogP contribution in [0.1, 0.15) is 0 Å². The molecule has 7 nitrogen and oxygen atoms in total. The van der Waals surface area contributed by atoms with Gasteiger partial charge in [0.1, 0.15) is 0 Å². The fourth-order valence-corrected chi connectivity index (χ4v) is 1.22. The maximum atomic E-state index is 10.9. The number of amides is 2. The number of carbonyl (C=O) groups is 2. The molecule has 2 amide bonds. The van der Waals surface area contributed by atoms with Crippen LogP contribution in [0.4, 0.5) is 0 Å². The summed E-state index contributed by atoms with van der Waals surface area (Å²) in [7, 11) is -4.53. The highest BCUT2D eigenvalue weighted by molar-refractivity contribution is 7.46. The smallest absolute Gasteiger partial charge is 0.303 e. The summed E-state index contributed by atoms with van der Waals surface area (Å²) in [4.78, 5) is 39.3. The minimum Gasteiger partial charge on any atom is -0.303 e. The number of phosphoric ester groups is 1. The van der Waals surface area contributed by atoms with Crippen molar-refractivity contribution in [2.75, 3.05) is 13.2 Å². The van der Waals surface area contributed by atoms with Gasteiger partial charge in [-0.15, -0.1) is 0 Å². The lowest BCUT2D eigenvalue weighted by Crippen LogP contribution is -2.32. The molecule has 0 saturated heterocycles. The molecule has 0 radical (unpaired) electrons. The van der Waals surface area contributed by atoms with E-state index in [1.165, 1.54) is 0 Å². The molecule has 1 heterocycles. The Morgan fingerprint density at radius 1 is 1.29 bits per heavy atom. The Morgan fingerprint density at radius 3 is 2.21 bits per heavy atom. The predicted octanol–water partition coefficient (Wildman–Crippen LogP) is -0.979. The fraction of sp³-hybridized carbons (Fsp3) is 0.333. The van der Waals surface area contributed by atoms with Gasteiger partial charge in [0.2, 0.25) is 0 Å². The first-order valence-electron chi connectivity index (χ1n) is 3.64. The number of carbonyl (C=O) groups excluding carboxylic acids is 2. The van der Waals surface area contributed by atoms with Crippen molar-refractivity contribution in [2.45, 2.75) is 0 Å². The van der Waals surface area contributed by atoms with E-state index >= 15 is 0 Å². The maximum Gasteiger partial charge on any atom is 0.469 e. The Kier molecular flexibility index (Phi) is 3.17. The predicted molar refractivity (Wildman–Crippen MR) is 43.9 cm³/mol. The SMILES string of the molecule is O=C1C=CC(=O)N1CCOP(=O)(O)O. The quantitative estimate of drug-likeness (QED) is 0.467. The van der Waals surface area contributed by atoms with Crippen molar-refractivity contribution >= 4 is 19.6 Å². The molecule has 78 valence electrons. The Bertz CT molecular complexity index is 313. The first-order chi connectivity index (χ1) is 6.40. The molecule has 1 aliphatic rings. The highest BCUT2D eigenvalue weighted by Gasteiger charge is 2.24. The summed E-state index contributed by atoms with van der Waals surface area (Å²) >= 11 is 0. The summed E-state index contributed by atoms with van der Waals surface area (Å²) in [5.41, 5.74) is 0. The van der Waals surface area contributed by atoms with Crippen LogP contribution in [0.25, 0.3) is 0 Å². The molecule has 0 fully saturated rings. The molecule has 0 bridgehead atoms. The van der Waals surface area contributed by atoms with Crippen LogP contribution in [-0.4, -0.2) is 39.7 Å². The third-order valence-electron chi connectivity index (χ3n) is 1.47. The van der Waals surface area contributed by atoms with Crippen LogP contribution in [0.3, 0.4) is 0 Å². The van der Waals surface area contributed by atoms with Crippen molar-refractivity contribution in [3.05, 3.63) is 12.2 Å². The Labute approximate surface area is 79.2 Å². The lowest BCUT2D eigenvalue weighted by atomic mass is 10.5. The van der Waals surface area contributed by atoms with E-state index in [-0.39, 0.29) is 13.2 Å². The summed E-state index contributed by atoms with van der Waals surface area (Å²) in [6.07, 6.45) is 2.17. The van der Waals surface area contributed by atoms with Gasteiger partial charge in [0.25, 0.3) is 11.8 Å². The van der Waals surface area contributed by atoms with Crippen LogP contribution in [0, 0.1) is 0 Å². The first kappa shape index (κ1) is 11.1. The van der Waals surface area contributed by atoms with Crippen LogP contribution < -0.4 is 0 Å². The summed E-state index contributed by atoms with van der Waals surface area (Å²) < 4.78 is 14.3. The molecule has 0 aromatic rings. The maximum absolute atomic E-state index is 10.9. The van der Waals surface area contributed by atoms with E-state index < -0.39 is 19.6 Å². The van der Waals surface area contributed by atoms with Crippen LogP contribution in [0.2, 0.25) is 0 Å². The van der Waals surface area contributed by atoms with Crippen LogP contribution >= 0.6 is 7.82 Å². The molecule has 0 atom stereocenters. The first-order valence-corrected chi connectivity index (χ1v) is 5.17. The van der Waals surface area contributed by atoms with Gasteiger partial charge in [0.15, 0.2) is 0 Å². The molecule has 0 saturated carbocycles. The number of nitrogens with zero attached hydrogens (tertiary/aromatic N) is 1. The van der Waals surface area contributed by atoms with Crippen molar-refractivity contribution in [1.82, 2.24) is 4.90 Å². The average Bonchev–Trinajstić information content (AvgIpc) is 2.33. The van der Waals surface area contributed by atoms with Gasteiger partial charge in [0.05, 0.1) is 13.2 Å². The molecule has 0 aromatic heterocycles. The molecule has 8 heteroatoms. The van der Waals surface area contributed by atoms with E-state index in [4.69, 9.17) is 9.79 Å². The van der Waals surface area contributed by atoms with Gasteiger partial charge in [0, 0.05) is 12.2 Å². The molecule has 0 spiro atoms. The molecule has 2 N–H and O–H groups in total. The number of imide groups is 1. The largest absolute Gasteiger partial charge is 0.469 e. The summed E-state index contributed by atoms with van der Waals surface area (Å²) in [5.74, 6) is -1.02. The fourth-order valence-electron chi connectivity index (χ4n) is 0.903. The second-order valence-corrected chi connectivity index (χ2v) is 3.72. The van der Waals surface area contributed by atoms with Crippen molar-refractivity contribution in [2.24, 2.45) is 0 Å². The minimum atomic E-state index is -4.53. The van der Waals surface area contributed by atoms with Crippen molar-refractivity contribution < 1.29 is 28.5 Å². The summed E-state index contributed by atoms with van der Waals surface area (Å²) in [5, 5.41) is 0. The monoisotopic (exact) mass is 221 g/mol. The average molecular weight is 221 g/mol. The number of rotatable bonds is 4. The normalized spacial score (nSPS) is 16.9. The van der Waals surface area contributed by atoms with E-state index in [9.17, 15) is 14.2 Å². The van der Waals surface area contributed by atoms with Gasteiger partial charge >= 0.3 is 7.82 Å². The molecule has 1 rings (SSSR count). The number of hydrogen-bond acceptors (Lipinski definition) is 4. The van der Waals surface area contributed by atoms with Crippen LogP contribution in [0.5, 0.6) is 0 Å². The molecule has 1 aliphatic heterocycles. The lowest BCUT2D eigenvalue weighted by Gasteiger charge is -2.13. The van der Waals surface area contributed by atoms with Crippen molar-refractivity contribution in [3.63, 3.8) is 0 Å². The topological polar surface area (TPSA) is 104 Å². The van der Waals surface area contributed by atoms with E-state index in [2.05, 4.69) is 4.52 Å². The van der Waals surface area contributed by atoms with Gasteiger partial charge < -0.3 is 9.79 Å². The lowest BCUT2D eigenvalue weighted by molar-refractivity contribution is -0.137. The van der Waals surface area contributed by atoms with Gasteiger partial charge in [-0.3, -0.25) is 19.0 Å². The van der Waals surface area contributed by atoms with Crippen LogP contribution in [-0.2, 0) is 18.7 Å². The third kappa shape index (κ3) is 3.04. The second-order valence-electron chi connectivity index (χ2n) is 2.49. The second kappa shape index (κ2) is 4.02. The Hall–Kier alpha value is -1.01. The third-order valence-corrected chi connectivity index (χ3v) is 1.99. The van der Waals surface area contributed by atoms with E-state index in [1.54, 1.807) is 0 Å². The van der Waals surface area contributed by atoms with E-state index in [1.807, 2.05) is 0 Å². The summed E-state index contributed by atoms with van der Waals surface area (Å²) in [6, 6.07) is 0. The van der Waals surface area contributed by atoms with Gasteiger partial charge in [-0.2, -0.15) is 0 Å². The van der Waals surface area contributed by atoms with E-state index in [0.29, 0.717) is 0 Å². The molecule has 0 unspecified atom stereocenters. The molecule has 0 aromatic carbocycles. The zero-order chi connectivity index (χ0) is 10.8. The minimum absolute atomic E-state index is 0.171. The zero-order valence-corrected chi connectivity index (χ0v) is 7.89. The van der Waals surface area contributed by atoms with Crippen molar-refractivity contribution in [1.29, 1.82) is 0 Å².